The maximum atomic E-state index is 6.21. The Bertz CT molecular complexity index is 529. The minimum absolute atomic E-state index is 0.300. The van der Waals surface area contributed by atoms with E-state index in [9.17, 15) is 0 Å². The van der Waals surface area contributed by atoms with E-state index in [2.05, 4.69) is 10.3 Å². The highest BCUT2D eigenvalue weighted by atomic mass is 35.5. The van der Waals surface area contributed by atoms with Crippen LogP contribution in [0.4, 0.5) is 0 Å². The summed E-state index contributed by atoms with van der Waals surface area (Å²) >= 11 is 12.1. The number of hydrogen-bond acceptors (Lipinski definition) is 2. The predicted octanol–water partition coefficient (Wildman–Crippen LogP) is 3.76. The van der Waals surface area contributed by atoms with Crippen LogP contribution in [0.5, 0.6) is 0 Å². The molecule has 2 rings (SSSR count). The second-order valence-electron chi connectivity index (χ2n) is 4.45. The van der Waals surface area contributed by atoms with Crippen molar-refractivity contribution >= 4 is 23.2 Å². The molecule has 1 heterocycles. The minimum Gasteiger partial charge on any atom is -0.316 e. The molecule has 1 N–H and O–H groups in total. The summed E-state index contributed by atoms with van der Waals surface area (Å²) in [5.41, 5.74) is 2.17. The number of pyridine rings is 1. The van der Waals surface area contributed by atoms with Crippen LogP contribution in [-0.4, -0.2) is 18.1 Å². The Hall–Kier alpha value is -1.09. The molecule has 1 aromatic heterocycles. The van der Waals surface area contributed by atoms with Crippen LogP contribution in [-0.2, 0) is 12.8 Å². The Labute approximate surface area is 123 Å². The van der Waals surface area contributed by atoms with Crippen LogP contribution in [0.2, 0.25) is 10.0 Å². The van der Waals surface area contributed by atoms with E-state index in [0.717, 1.165) is 24.1 Å². The van der Waals surface area contributed by atoms with Gasteiger partial charge in [-0.1, -0.05) is 35.3 Å². The van der Waals surface area contributed by atoms with Gasteiger partial charge in [0.15, 0.2) is 0 Å². The summed E-state index contributed by atoms with van der Waals surface area (Å²) in [6.07, 6.45) is 3.54. The van der Waals surface area contributed by atoms with E-state index in [-0.39, 0.29) is 0 Å². The van der Waals surface area contributed by atoms with Gasteiger partial charge in [-0.05, 0) is 43.3 Å². The van der Waals surface area contributed by atoms with Crippen LogP contribution in [0, 0.1) is 0 Å². The van der Waals surface area contributed by atoms with Crippen molar-refractivity contribution in [2.45, 2.75) is 18.9 Å². The van der Waals surface area contributed by atoms with Crippen LogP contribution >= 0.6 is 23.2 Å². The van der Waals surface area contributed by atoms with Crippen molar-refractivity contribution in [2.75, 3.05) is 7.05 Å². The first-order valence-corrected chi connectivity index (χ1v) is 6.95. The van der Waals surface area contributed by atoms with Gasteiger partial charge in [0.05, 0.1) is 0 Å². The molecule has 0 bridgehead atoms. The molecule has 0 fully saturated rings. The average molecular weight is 295 g/mol. The number of halogens is 2. The smallest absolute Gasteiger partial charge is 0.0453 e. The first-order chi connectivity index (χ1) is 9.19. The molecule has 0 aliphatic heterocycles. The van der Waals surface area contributed by atoms with Crippen molar-refractivity contribution in [3.63, 3.8) is 0 Å². The van der Waals surface area contributed by atoms with Crippen molar-refractivity contribution in [3.05, 3.63) is 63.9 Å². The Morgan fingerprint density at radius 1 is 1.16 bits per heavy atom. The lowest BCUT2D eigenvalue weighted by molar-refractivity contribution is 0.550. The molecular weight excluding hydrogens is 279 g/mol. The SMILES string of the molecule is CNC(Cc1ccccn1)Cc1ccc(Cl)cc1Cl. The van der Waals surface area contributed by atoms with Crippen LogP contribution in [0.25, 0.3) is 0 Å². The molecule has 0 saturated carbocycles. The Morgan fingerprint density at radius 2 is 2.00 bits per heavy atom. The second kappa shape index (κ2) is 6.90. The van der Waals surface area contributed by atoms with Gasteiger partial charge in [-0.3, -0.25) is 4.98 Å². The van der Waals surface area contributed by atoms with E-state index in [0.29, 0.717) is 16.1 Å². The van der Waals surface area contributed by atoms with E-state index in [1.165, 1.54) is 0 Å². The number of hydrogen-bond donors (Lipinski definition) is 1. The summed E-state index contributed by atoms with van der Waals surface area (Å²) in [4.78, 5) is 4.35. The molecule has 0 radical (unpaired) electrons. The van der Waals surface area contributed by atoms with Gasteiger partial charge in [0.25, 0.3) is 0 Å². The standard InChI is InChI=1S/C15H16Cl2N2/c1-18-14(10-13-4-2-3-7-19-13)8-11-5-6-12(16)9-15(11)17/h2-7,9,14,18H,8,10H2,1H3. The molecule has 1 aromatic carbocycles. The zero-order valence-corrected chi connectivity index (χ0v) is 12.2. The highest BCUT2D eigenvalue weighted by molar-refractivity contribution is 6.35. The van der Waals surface area contributed by atoms with E-state index < -0.39 is 0 Å². The second-order valence-corrected chi connectivity index (χ2v) is 5.29. The first kappa shape index (κ1) is 14.3. The third-order valence-corrected chi connectivity index (χ3v) is 3.66. The van der Waals surface area contributed by atoms with Crippen LogP contribution in [0.15, 0.2) is 42.6 Å². The third-order valence-electron chi connectivity index (χ3n) is 3.07. The number of nitrogens with zero attached hydrogens (tertiary/aromatic N) is 1. The van der Waals surface area contributed by atoms with Crippen molar-refractivity contribution < 1.29 is 0 Å². The lowest BCUT2D eigenvalue weighted by Crippen LogP contribution is -2.30. The molecule has 0 aliphatic rings. The van der Waals surface area contributed by atoms with Gasteiger partial charge in [-0.15, -0.1) is 0 Å². The molecule has 0 spiro atoms. The van der Waals surface area contributed by atoms with Crippen molar-refractivity contribution in [1.82, 2.24) is 10.3 Å². The van der Waals surface area contributed by atoms with Gasteiger partial charge in [0, 0.05) is 34.4 Å². The summed E-state index contributed by atoms with van der Waals surface area (Å²) in [6.45, 7) is 0. The minimum atomic E-state index is 0.300. The summed E-state index contributed by atoms with van der Waals surface area (Å²) in [6, 6.07) is 11.9. The first-order valence-electron chi connectivity index (χ1n) is 6.20. The average Bonchev–Trinajstić information content (AvgIpc) is 2.42. The van der Waals surface area contributed by atoms with Gasteiger partial charge in [-0.2, -0.15) is 0 Å². The van der Waals surface area contributed by atoms with E-state index in [4.69, 9.17) is 23.2 Å². The number of nitrogens with one attached hydrogen (secondary N) is 1. The molecule has 100 valence electrons. The predicted molar refractivity (Wildman–Crippen MR) is 81.0 cm³/mol. The zero-order chi connectivity index (χ0) is 13.7. The molecule has 0 saturated heterocycles. The molecule has 2 aromatic rings. The van der Waals surface area contributed by atoms with Crippen LogP contribution in [0.1, 0.15) is 11.3 Å². The van der Waals surface area contributed by atoms with Crippen LogP contribution in [0.3, 0.4) is 0 Å². The topological polar surface area (TPSA) is 24.9 Å². The molecule has 1 atom stereocenters. The molecule has 0 amide bonds. The number of rotatable bonds is 5. The van der Waals surface area contributed by atoms with Gasteiger partial charge in [0.2, 0.25) is 0 Å². The normalized spacial score (nSPS) is 12.4. The maximum absolute atomic E-state index is 6.21. The molecule has 2 nitrogen and oxygen atoms in total. The van der Waals surface area contributed by atoms with E-state index in [1.807, 2.05) is 43.6 Å². The molecular formula is C15H16Cl2N2. The van der Waals surface area contributed by atoms with Gasteiger partial charge >= 0.3 is 0 Å². The highest BCUT2D eigenvalue weighted by Gasteiger charge is 2.11. The van der Waals surface area contributed by atoms with Gasteiger partial charge in [0.1, 0.15) is 0 Å². The number of aromatic nitrogens is 1. The zero-order valence-electron chi connectivity index (χ0n) is 10.7. The van der Waals surface area contributed by atoms with E-state index in [1.54, 1.807) is 6.07 Å². The van der Waals surface area contributed by atoms with Crippen molar-refractivity contribution in [2.24, 2.45) is 0 Å². The van der Waals surface area contributed by atoms with Gasteiger partial charge < -0.3 is 5.32 Å². The summed E-state index contributed by atoms with van der Waals surface area (Å²) in [7, 11) is 1.96. The molecule has 19 heavy (non-hydrogen) atoms. The molecule has 1 unspecified atom stereocenters. The van der Waals surface area contributed by atoms with Gasteiger partial charge in [-0.25, -0.2) is 0 Å². The fourth-order valence-electron chi connectivity index (χ4n) is 2.00. The fraction of sp³-hybridized carbons (Fsp3) is 0.267. The molecule has 0 aliphatic carbocycles. The monoisotopic (exact) mass is 294 g/mol. The lowest BCUT2D eigenvalue weighted by Gasteiger charge is -2.16. The fourth-order valence-corrected chi connectivity index (χ4v) is 2.49. The lowest BCUT2D eigenvalue weighted by atomic mass is 10.0. The van der Waals surface area contributed by atoms with Crippen molar-refractivity contribution in [3.8, 4) is 0 Å². The Morgan fingerprint density at radius 3 is 2.63 bits per heavy atom. The van der Waals surface area contributed by atoms with Crippen LogP contribution < -0.4 is 5.32 Å². The third kappa shape index (κ3) is 4.20. The summed E-state index contributed by atoms with van der Waals surface area (Å²) in [5.74, 6) is 0. The summed E-state index contributed by atoms with van der Waals surface area (Å²) in [5, 5.41) is 4.69. The largest absolute Gasteiger partial charge is 0.316 e. The Balaban J connectivity index is 2.06. The Kier molecular flexibility index (Phi) is 5.20. The highest BCUT2D eigenvalue weighted by Crippen LogP contribution is 2.22. The summed E-state index contributed by atoms with van der Waals surface area (Å²) < 4.78 is 0. The van der Waals surface area contributed by atoms with Crippen molar-refractivity contribution in [1.29, 1.82) is 0 Å². The molecule has 4 heteroatoms. The quantitative estimate of drug-likeness (QED) is 0.908. The number of benzene rings is 1. The number of likely N-dealkylation sites (N-methyl/N-ethyl adjacent to an activating group) is 1. The van der Waals surface area contributed by atoms with E-state index >= 15 is 0 Å². The maximum Gasteiger partial charge on any atom is 0.0453 e.